The summed E-state index contributed by atoms with van der Waals surface area (Å²) in [5.41, 5.74) is 0.271. The maximum Gasteiger partial charge on any atom is 0.321 e. The molecule has 0 atom stereocenters. The SMILES string of the molecule is COC(=O)CN(C(C)C)S(=O)(=O)c1c(C)noc1C. The number of sulfonamides is 1. The van der Waals surface area contributed by atoms with E-state index in [2.05, 4.69) is 9.89 Å². The van der Waals surface area contributed by atoms with E-state index in [1.54, 1.807) is 20.8 Å². The van der Waals surface area contributed by atoms with Crippen LogP contribution in [0.15, 0.2) is 9.42 Å². The monoisotopic (exact) mass is 290 g/mol. The summed E-state index contributed by atoms with van der Waals surface area (Å²) in [6.45, 7) is 6.07. The largest absolute Gasteiger partial charge is 0.468 e. The summed E-state index contributed by atoms with van der Waals surface area (Å²) < 4.78 is 35.5. The van der Waals surface area contributed by atoms with Crippen molar-refractivity contribution in [3.63, 3.8) is 0 Å². The standard InChI is InChI=1S/C11H18N2O5S/c1-7(2)13(6-10(14)17-5)19(15,16)11-8(3)12-18-9(11)4/h7H,6H2,1-5H3. The summed E-state index contributed by atoms with van der Waals surface area (Å²) in [4.78, 5) is 11.4. The van der Waals surface area contributed by atoms with Crippen LogP contribution in [0.2, 0.25) is 0 Å². The zero-order valence-corrected chi connectivity index (χ0v) is 12.4. The van der Waals surface area contributed by atoms with Crippen molar-refractivity contribution in [2.24, 2.45) is 0 Å². The van der Waals surface area contributed by atoms with Crippen molar-refractivity contribution in [1.29, 1.82) is 0 Å². The molecule has 0 saturated carbocycles. The quantitative estimate of drug-likeness (QED) is 0.747. The van der Waals surface area contributed by atoms with Crippen LogP contribution in [-0.4, -0.2) is 43.5 Å². The second-order valence-corrected chi connectivity index (χ2v) is 6.20. The Hall–Kier alpha value is -1.41. The zero-order valence-electron chi connectivity index (χ0n) is 11.6. The number of aromatic nitrogens is 1. The van der Waals surface area contributed by atoms with Crippen LogP contribution < -0.4 is 0 Å². The van der Waals surface area contributed by atoms with Gasteiger partial charge >= 0.3 is 5.97 Å². The first-order valence-electron chi connectivity index (χ1n) is 5.73. The first kappa shape index (κ1) is 15.6. The predicted molar refractivity (Wildman–Crippen MR) is 67.0 cm³/mol. The average Bonchev–Trinajstić information content (AvgIpc) is 2.65. The lowest BCUT2D eigenvalue weighted by molar-refractivity contribution is -0.141. The first-order valence-corrected chi connectivity index (χ1v) is 7.17. The molecule has 0 aliphatic carbocycles. The number of hydrogen-bond donors (Lipinski definition) is 0. The summed E-state index contributed by atoms with van der Waals surface area (Å²) in [7, 11) is -2.64. The Bertz CT molecular complexity index is 542. The van der Waals surface area contributed by atoms with Crippen LogP contribution >= 0.6 is 0 Å². The normalized spacial score (nSPS) is 12.2. The van der Waals surface area contributed by atoms with Crippen LogP contribution in [0.4, 0.5) is 0 Å². The molecule has 0 fully saturated rings. The lowest BCUT2D eigenvalue weighted by Crippen LogP contribution is -2.41. The summed E-state index contributed by atoms with van der Waals surface area (Å²) in [6.07, 6.45) is 0. The van der Waals surface area contributed by atoms with Crippen LogP contribution in [0.3, 0.4) is 0 Å². The molecule has 0 N–H and O–H groups in total. The van der Waals surface area contributed by atoms with Crippen molar-refractivity contribution in [3.05, 3.63) is 11.5 Å². The maximum absolute atomic E-state index is 12.5. The van der Waals surface area contributed by atoms with Gasteiger partial charge in [-0.1, -0.05) is 5.16 Å². The molecule has 1 aromatic heterocycles. The predicted octanol–water partition coefficient (Wildman–Crippen LogP) is 0.864. The zero-order chi connectivity index (χ0) is 14.8. The number of hydrogen-bond acceptors (Lipinski definition) is 6. The minimum Gasteiger partial charge on any atom is -0.468 e. The van der Waals surface area contributed by atoms with Gasteiger partial charge in [-0.25, -0.2) is 8.42 Å². The number of esters is 1. The van der Waals surface area contributed by atoms with Gasteiger partial charge in [0.05, 0.1) is 7.11 Å². The van der Waals surface area contributed by atoms with Gasteiger partial charge in [-0.2, -0.15) is 4.31 Å². The third-order valence-corrected chi connectivity index (χ3v) is 4.89. The molecular formula is C11H18N2O5S. The molecule has 8 heteroatoms. The molecule has 0 radical (unpaired) electrons. The molecule has 7 nitrogen and oxygen atoms in total. The molecule has 0 aliphatic rings. The molecule has 0 saturated heterocycles. The van der Waals surface area contributed by atoms with Crippen molar-refractivity contribution in [3.8, 4) is 0 Å². The van der Waals surface area contributed by atoms with E-state index >= 15 is 0 Å². The smallest absolute Gasteiger partial charge is 0.321 e. The van der Waals surface area contributed by atoms with Gasteiger partial charge in [0.15, 0.2) is 5.76 Å². The number of methoxy groups -OCH3 is 1. The van der Waals surface area contributed by atoms with Crippen molar-refractivity contribution in [1.82, 2.24) is 9.46 Å². The third-order valence-electron chi connectivity index (χ3n) is 2.62. The highest BCUT2D eigenvalue weighted by Gasteiger charge is 2.34. The fourth-order valence-electron chi connectivity index (χ4n) is 1.70. The van der Waals surface area contributed by atoms with Crippen LogP contribution in [0.25, 0.3) is 0 Å². The number of rotatable bonds is 5. The van der Waals surface area contributed by atoms with Gasteiger partial charge in [0.2, 0.25) is 10.0 Å². The molecule has 0 amide bonds. The van der Waals surface area contributed by atoms with E-state index < -0.39 is 22.0 Å². The topological polar surface area (TPSA) is 89.7 Å². The molecular weight excluding hydrogens is 272 g/mol. The number of carbonyl (C=O) groups is 1. The van der Waals surface area contributed by atoms with Gasteiger partial charge in [0.1, 0.15) is 17.1 Å². The van der Waals surface area contributed by atoms with E-state index in [0.717, 1.165) is 4.31 Å². The van der Waals surface area contributed by atoms with E-state index in [9.17, 15) is 13.2 Å². The minimum absolute atomic E-state index is 0.00473. The second-order valence-electron chi connectivity index (χ2n) is 4.37. The average molecular weight is 290 g/mol. The van der Waals surface area contributed by atoms with Crippen molar-refractivity contribution in [2.75, 3.05) is 13.7 Å². The molecule has 1 aromatic rings. The van der Waals surface area contributed by atoms with Gasteiger partial charge < -0.3 is 9.26 Å². The molecule has 0 aliphatic heterocycles. The lowest BCUT2D eigenvalue weighted by atomic mass is 10.4. The highest BCUT2D eigenvalue weighted by molar-refractivity contribution is 7.89. The molecule has 1 rings (SSSR count). The van der Waals surface area contributed by atoms with Crippen LogP contribution in [0.5, 0.6) is 0 Å². The summed E-state index contributed by atoms with van der Waals surface area (Å²) in [5.74, 6) is -0.419. The molecule has 0 unspecified atom stereocenters. The summed E-state index contributed by atoms with van der Waals surface area (Å²) in [5, 5.41) is 3.63. The highest BCUT2D eigenvalue weighted by atomic mass is 32.2. The van der Waals surface area contributed by atoms with E-state index in [4.69, 9.17) is 4.52 Å². The Morgan fingerprint density at radius 1 is 1.42 bits per heavy atom. The Kier molecular flexibility index (Phi) is 4.70. The van der Waals surface area contributed by atoms with Gasteiger partial charge in [-0.05, 0) is 27.7 Å². The number of ether oxygens (including phenoxy) is 1. The Labute approximate surface area is 112 Å². The summed E-state index contributed by atoms with van der Waals surface area (Å²) in [6, 6.07) is -0.391. The van der Waals surface area contributed by atoms with Crippen molar-refractivity contribution < 1.29 is 22.5 Å². The highest BCUT2D eigenvalue weighted by Crippen LogP contribution is 2.24. The Morgan fingerprint density at radius 2 is 2.00 bits per heavy atom. The maximum atomic E-state index is 12.5. The first-order chi connectivity index (χ1) is 8.71. The molecule has 108 valence electrons. The minimum atomic E-state index is -3.85. The van der Waals surface area contributed by atoms with Crippen LogP contribution in [0, 0.1) is 13.8 Å². The lowest BCUT2D eigenvalue weighted by Gasteiger charge is -2.24. The van der Waals surface area contributed by atoms with E-state index in [1.165, 1.54) is 14.0 Å². The van der Waals surface area contributed by atoms with Gasteiger partial charge in [0.25, 0.3) is 0 Å². The Balaban J connectivity index is 3.25. The number of carbonyl (C=O) groups excluding carboxylic acids is 1. The fourth-order valence-corrected chi connectivity index (χ4v) is 3.57. The molecule has 1 heterocycles. The van der Waals surface area contributed by atoms with Crippen molar-refractivity contribution in [2.45, 2.75) is 38.6 Å². The molecule has 0 aromatic carbocycles. The van der Waals surface area contributed by atoms with E-state index in [0.29, 0.717) is 0 Å². The van der Waals surface area contributed by atoms with Crippen LogP contribution in [0.1, 0.15) is 25.3 Å². The van der Waals surface area contributed by atoms with E-state index in [-0.39, 0.29) is 22.9 Å². The van der Waals surface area contributed by atoms with E-state index in [1.807, 2.05) is 0 Å². The third kappa shape index (κ3) is 3.13. The molecule has 0 bridgehead atoms. The fraction of sp³-hybridized carbons (Fsp3) is 0.636. The number of aryl methyl sites for hydroxylation is 2. The second kappa shape index (κ2) is 5.70. The van der Waals surface area contributed by atoms with Gasteiger partial charge in [-0.3, -0.25) is 4.79 Å². The number of nitrogens with zero attached hydrogens (tertiary/aromatic N) is 2. The molecule has 19 heavy (non-hydrogen) atoms. The summed E-state index contributed by atoms with van der Waals surface area (Å²) >= 11 is 0. The van der Waals surface area contributed by atoms with Gasteiger partial charge in [-0.15, -0.1) is 0 Å². The molecule has 0 spiro atoms. The van der Waals surface area contributed by atoms with Crippen LogP contribution in [-0.2, 0) is 19.6 Å². The van der Waals surface area contributed by atoms with Crippen molar-refractivity contribution >= 4 is 16.0 Å². The van der Waals surface area contributed by atoms with Gasteiger partial charge in [0, 0.05) is 6.04 Å². The Morgan fingerprint density at radius 3 is 2.37 bits per heavy atom.